The van der Waals surface area contributed by atoms with Crippen LogP contribution in [-0.4, -0.2) is 41.6 Å². The van der Waals surface area contributed by atoms with Gasteiger partial charge in [-0.05, 0) is 36.8 Å². The van der Waals surface area contributed by atoms with E-state index in [1.807, 2.05) is 5.32 Å². The Morgan fingerprint density at radius 2 is 1.87 bits per heavy atom. The number of alkyl halides is 3. The average molecular weight is 454 g/mol. The minimum absolute atomic E-state index is 0.0227. The van der Waals surface area contributed by atoms with E-state index in [4.69, 9.17) is 21.7 Å². The molecule has 1 aliphatic heterocycles. The lowest BCUT2D eigenvalue weighted by molar-refractivity contribution is -0.285. The van der Waals surface area contributed by atoms with E-state index in [0.29, 0.717) is 12.4 Å². The zero-order valence-corrected chi connectivity index (χ0v) is 17.5. The van der Waals surface area contributed by atoms with Crippen molar-refractivity contribution < 1.29 is 32.5 Å². The molecule has 6 nitrogen and oxygen atoms in total. The number of Topliss-reactive ketones (excluding diaryl/α,β-unsaturated/α-hetero) is 1. The summed E-state index contributed by atoms with van der Waals surface area (Å²) in [6, 6.07) is 10.7. The highest BCUT2D eigenvalue weighted by atomic mass is 32.1. The second kappa shape index (κ2) is 8.72. The molecule has 1 fully saturated rings. The third-order valence-electron chi connectivity index (χ3n) is 4.99. The maximum absolute atomic E-state index is 14.0. The number of aliphatic hydroxyl groups is 1. The van der Waals surface area contributed by atoms with Gasteiger partial charge in [-0.15, -0.1) is 0 Å². The van der Waals surface area contributed by atoms with Crippen molar-refractivity contribution in [3.63, 3.8) is 0 Å². The molecule has 0 radical (unpaired) electrons. The maximum Gasteiger partial charge on any atom is 0.437 e. The number of methoxy groups -OCH3 is 1. The summed E-state index contributed by atoms with van der Waals surface area (Å²) in [4.78, 5) is 13.2. The van der Waals surface area contributed by atoms with Gasteiger partial charge in [0, 0.05) is 5.56 Å². The Hall–Kier alpha value is -2.85. The van der Waals surface area contributed by atoms with Gasteiger partial charge >= 0.3 is 6.18 Å². The molecular formula is C21H21F3N2O4S. The van der Waals surface area contributed by atoms with Crippen LogP contribution in [0.25, 0.3) is 0 Å². The Morgan fingerprint density at radius 3 is 2.45 bits per heavy atom. The molecule has 0 aliphatic carbocycles. The SMILES string of the molecule is CCOc1ccc([C@H]2NC(=S)N[C@@](O)(C(F)(F)F)[C@H]2C(=O)c2ccccc2)cc1OC. The molecule has 3 atom stereocenters. The zero-order chi connectivity index (χ0) is 22.8. The van der Waals surface area contributed by atoms with Crippen molar-refractivity contribution in [2.45, 2.75) is 24.9 Å². The Morgan fingerprint density at radius 1 is 1.19 bits per heavy atom. The fourth-order valence-electron chi connectivity index (χ4n) is 3.55. The number of ketones is 1. The lowest BCUT2D eigenvalue weighted by atomic mass is 9.77. The fraction of sp³-hybridized carbons (Fsp3) is 0.333. The van der Waals surface area contributed by atoms with Gasteiger partial charge in [0.15, 0.2) is 22.4 Å². The second-order valence-electron chi connectivity index (χ2n) is 6.89. The van der Waals surface area contributed by atoms with Crippen molar-refractivity contribution in [3.8, 4) is 11.5 Å². The van der Waals surface area contributed by atoms with Crippen molar-refractivity contribution in [1.82, 2.24) is 10.6 Å². The topological polar surface area (TPSA) is 79.8 Å². The Bertz CT molecular complexity index is 971. The number of ether oxygens (including phenoxy) is 2. The third-order valence-corrected chi connectivity index (χ3v) is 5.21. The van der Waals surface area contributed by atoms with Crippen LogP contribution in [0.4, 0.5) is 13.2 Å². The van der Waals surface area contributed by atoms with Crippen LogP contribution in [0, 0.1) is 5.92 Å². The Balaban J connectivity index is 2.16. The van der Waals surface area contributed by atoms with Crippen molar-refractivity contribution in [3.05, 3.63) is 59.7 Å². The molecule has 3 N–H and O–H groups in total. The lowest BCUT2D eigenvalue weighted by Crippen LogP contribution is -2.72. The molecule has 0 spiro atoms. The first kappa shape index (κ1) is 22.8. The van der Waals surface area contributed by atoms with Crippen LogP contribution in [0.2, 0.25) is 0 Å². The molecule has 2 aromatic carbocycles. The highest BCUT2D eigenvalue weighted by Crippen LogP contribution is 2.45. The summed E-state index contributed by atoms with van der Waals surface area (Å²) in [6.45, 7) is 2.13. The summed E-state index contributed by atoms with van der Waals surface area (Å²) in [6.07, 6.45) is -5.19. The van der Waals surface area contributed by atoms with E-state index in [1.54, 1.807) is 13.0 Å². The molecule has 0 aromatic heterocycles. The minimum atomic E-state index is -5.19. The number of benzene rings is 2. The standard InChI is InChI=1S/C21H21F3N2O4S/c1-3-30-14-10-9-13(11-15(14)29-2)17-16(18(27)12-7-5-4-6-8-12)20(28,21(22,23)24)26-19(31)25-17/h4-11,16-17,28H,3H2,1-2H3,(H2,25,26,31)/t16-,17-,20+/m1/s1. The summed E-state index contributed by atoms with van der Waals surface area (Å²) in [5.74, 6) is -2.22. The van der Waals surface area contributed by atoms with Crippen LogP contribution >= 0.6 is 12.2 Å². The minimum Gasteiger partial charge on any atom is -0.493 e. The Labute approximate surface area is 182 Å². The zero-order valence-electron chi connectivity index (χ0n) is 16.7. The van der Waals surface area contributed by atoms with Crippen LogP contribution in [0.5, 0.6) is 11.5 Å². The number of carbonyl (C=O) groups is 1. The van der Waals surface area contributed by atoms with Crippen LogP contribution in [-0.2, 0) is 0 Å². The number of rotatable bonds is 6. The largest absolute Gasteiger partial charge is 0.493 e. The fourth-order valence-corrected chi connectivity index (χ4v) is 3.83. The van der Waals surface area contributed by atoms with Gasteiger partial charge in [-0.1, -0.05) is 36.4 Å². The predicted octanol–water partition coefficient (Wildman–Crippen LogP) is 3.36. The van der Waals surface area contributed by atoms with Gasteiger partial charge in [-0.3, -0.25) is 4.79 Å². The van der Waals surface area contributed by atoms with Gasteiger partial charge in [0.1, 0.15) is 5.92 Å². The van der Waals surface area contributed by atoms with Crippen molar-refractivity contribution >= 4 is 23.1 Å². The van der Waals surface area contributed by atoms with E-state index < -0.39 is 34.8 Å². The first-order valence-electron chi connectivity index (χ1n) is 9.40. The number of thiocarbonyl (C=S) groups is 1. The Kier molecular flexibility index (Phi) is 6.42. The summed E-state index contributed by atoms with van der Waals surface area (Å²) in [7, 11) is 1.39. The van der Waals surface area contributed by atoms with E-state index >= 15 is 0 Å². The molecule has 0 saturated carbocycles. The van der Waals surface area contributed by atoms with E-state index in [0.717, 1.165) is 0 Å². The number of halogens is 3. The lowest BCUT2D eigenvalue weighted by Gasteiger charge is -2.46. The summed E-state index contributed by atoms with van der Waals surface area (Å²) in [5, 5.41) is 14.9. The van der Waals surface area contributed by atoms with Crippen LogP contribution < -0.4 is 20.1 Å². The van der Waals surface area contributed by atoms with Gasteiger partial charge in [-0.2, -0.15) is 13.2 Å². The van der Waals surface area contributed by atoms with E-state index in [9.17, 15) is 23.1 Å². The molecule has 0 amide bonds. The predicted molar refractivity (Wildman–Crippen MR) is 111 cm³/mol. The van der Waals surface area contributed by atoms with Gasteiger partial charge in [0.05, 0.1) is 19.8 Å². The molecule has 1 saturated heterocycles. The third kappa shape index (κ3) is 4.31. The highest BCUT2D eigenvalue weighted by molar-refractivity contribution is 7.80. The normalized spacial score (nSPS) is 23.5. The van der Waals surface area contributed by atoms with Gasteiger partial charge in [0.25, 0.3) is 0 Å². The van der Waals surface area contributed by atoms with Crippen molar-refractivity contribution in [2.75, 3.05) is 13.7 Å². The average Bonchev–Trinajstić information content (AvgIpc) is 2.73. The highest BCUT2D eigenvalue weighted by Gasteiger charge is 2.65. The monoisotopic (exact) mass is 454 g/mol. The molecule has 1 aliphatic rings. The number of hydrogen-bond donors (Lipinski definition) is 3. The smallest absolute Gasteiger partial charge is 0.437 e. The molecule has 2 aromatic rings. The summed E-state index contributed by atoms with van der Waals surface area (Å²) >= 11 is 4.94. The number of nitrogens with one attached hydrogen (secondary N) is 2. The number of carbonyl (C=O) groups excluding carboxylic acids is 1. The van der Waals surface area contributed by atoms with Crippen LogP contribution in [0.1, 0.15) is 28.9 Å². The molecule has 31 heavy (non-hydrogen) atoms. The van der Waals surface area contributed by atoms with Crippen molar-refractivity contribution in [1.29, 1.82) is 0 Å². The van der Waals surface area contributed by atoms with Gasteiger partial charge in [0.2, 0.25) is 5.72 Å². The molecule has 1 heterocycles. The molecule has 10 heteroatoms. The van der Waals surface area contributed by atoms with Gasteiger partial charge < -0.3 is 25.2 Å². The van der Waals surface area contributed by atoms with E-state index in [2.05, 4.69) is 5.32 Å². The van der Waals surface area contributed by atoms with Gasteiger partial charge in [-0.25, -0.2) is 0 Å². The first-order valence-corrected chi connectivity index (χ1v) is 9.81. The van der Waals surface area contributed by atoms with E-state index in [-0.39, 0.29) is 16.9 Å². The molecule has 3 rings (SSSR count). The number of hydrogen-bond acceptors (Lipinski definition) is 5. The maximum atomic E-state index is 14.0. The van der Waals surface area contributed by atoms with Crippen molar-refractivity contribution in [2.24, 2.45) is 5.92 Å². The summed E-state index contributed by atoms with van der Waals surface area (Å²) < 4.78 is 52.8. The quantitative estimate of drug-likeness (QED) is 0.456. The molecule has 0 bridgehead atoms. The van der Waals surface area contributed by atoms with Crippen LogP contribution in [0.3, 0.4) is 0 Å². The summed E-state index contributed by atoms with van der Waals surface area (Å²) in [5.41, 5.74) is -3.30. The van der Waals surface area contributed by atoms with Crippen LogP contribution in [0.15, 0.2) is 48.5 Å². The second-order valence-corrected chi connectivity index (χ2v) is 7.30. The molecular weight excluding hydrogens is 433 g/mol. The molecule has 0 unspecified atom stereocenters. The van der Waals surface area contributed by atoms with E-state index in [1.165, 1.54) is 49.6 Å². The first-order chi connectivity index (χ1) is 14.6. The molecule has 166 valence electrons.